The van der Waals surface area contributed by atoms with Gasteiger partial charge in [-0.05, 0) is 0 Å². The topological polar surface area (TPSA) is 81.1 Å². The molecule has 1 amide bonds. The summed E-state index contributed by atoms with van der Waals surface area (Å²) in [5.74, 6) is -0.511. The van der Waals surface area contributed by atoms with Gasteiger partial charge in [-0.15, -0.1) is 0 Å². The number of hydrogen-bond acceptors (Lipinski definition) is 3. The minimum atomic E-state index is -0.501. The molecule has 3 N–H and O–H groups in total. The van der Waals surface area contributed by atoms with E-state index in [1.54, 1.807) is 7.05 Å². The smallest absolute Gasteiger partial charge is 0.223 e. The number of nitrogens with zero attached hydrogens (tertiary/aromatic N) is 2. The second kappa shape index (κ2) is 2.61. The van der Waals surface area contributed by atoms with E-state index in [0.29, 0.717) is 5.69 Å². The molecule has 60 valence electrons. The zero-order valence-corrected chi connectivity index (χ0v) is 6.11. The first kappa shape index (κ1) is 7.59. The molecular weight excluding hydrogens is 146 g/mol. The molecule has 0 bridgehead atoms. The van der Waals surface area contributed by atoms with Crippen LogP contribution in [0, 0.1) is 0 Å². The molecule has 5 heteroatoms. The summed E-state index contributed by atoms with van der Waals surface area (Å²) >= 11 is 0. The molecule has 0 aliphatic heterocycles. The number of aromatic nitrogens is 2. The molecule has 0 saturated carbocycles. The third kappa shape index (κ3) is 1.49. The Balaban J connectivity index is 2.87. The quantitative estimate of drug-likeness (QED) is 0.584. The van der Waals surface area contributed by atoms with E-state index >= 15 is 0 Å². The number of carbonyl (C=O) groups excluding carboxylic acids is 1. The first-order valence-electron chi connectivity index (χ1n) is 3.08. The Morgan fingerprint density at radius 2 is 2.55 bits per heavy atom. The van der Waals surface area contributed by atoms with E-state index in [4.69, 9.17) is 5.73 Å². The summed E-state index contributed by atoms with van der Waals surface area (Å²) < 4.78 is 1.41. The number of carbonyl (C=O) groups is 1. The number of rotatable bonds is 2. The van der Waals surface area contributed by atoms with Crippen molar-refractivity contribution < 1.29 is 9.90 Å². The summed E-state index contributed by atoms with van der Waals surface area (Å²) in [5, 5.41) is 9.18. The molecule has 0 fully saturated rings. The van der Waals surface area contributed by atoms with Crippen LogP contribution in [0.5, 0.6) is 5.88 Å². The summed E-state index contributed by atoms with van der Waals surface area (Å²) in [6.45, 7) is 0. The predicted octanol–water partition coefficient (Wildman–Crippen LogP) is -0.847. The van der Waals surface area contributed by atoms with Crippen molar-refractivity contribution in [2.75, 3.05) is 0 Å². The maximum Gasteiger partial charge on any atom is 0.223 e. The summed E-state index contributed by atoms with van der Waals surface area (Å²) in [7, 11) is 1.63. The van der Waals surface area contributed by atoms with Gasteiger partial charge in [-0.1, -0.05) is 0 Å². The highest BCUT2D eigenvalue weighted by molar-refractivity contribution is 5.76. The Labute approximate surface area is 63.5 Å². The lowest BCUT2D eigenvalue weighted by molar-refractivity contribution is -0.117. The molecule has 0 aromatic carbocycles. The molecule has 11 heavy (non-hydrogen) atoms. The van der Waals surface area contributed by atoms with E-state index in [2.05, 4.69) is 4.98 Å². The lowest BCUT2D eigenvalue weighted by atomic mass is 10.3. The van der Waals surface area contributed by atoms with Gasteiger partial charge in [0.25, 0.3) is 0 Å². The average molecular weight is 155 g/mol. The minimum Gasteiger partial charge on any atom is -0.493 e. The number of hydrogen-bond donors (Lipinski definition) is 2. The molecule has 0 saturated heterocycles. The van der Waals surface area contributed by atoms with Crippen LogP contribution in [0.2, 0.25) is 0 Å². The van der Waals surface area contributed by atoms with Gasteiger partial charge in [0.15, 0.2) is 0 Å². The molecular formula is C6H9N3O2. The highest BCUT2D eigenvalue weighted by atomic mass is 16.3. The molecule has 5 nitrogen and oxygen atoms in total. The number of aromatic hydroxyl groups is 1. The standard InChI is InChI=1S/C6H9N3O2/c1-9-3-8-4(6(9)11)2-5(7)10/h3,11H,2H2,1H3,(H2,7,10). The van der Waals surface area contributed by atoms with E-state index in [1.165, 1.54) is 10.9 Å². The van der Waals surface area contributed by atoms with E-state index in [0.717, 1.165) is 0 Å². The molecule has 0 radical (unpaired) electrons. The van der Waals surface area contributed by atoms with Crippen LogP contribution in [0.15, 0.2) is 6.33 Å². The van der Waals surface area contributed by atoms with Crippen molar-refractivity contribution in [3.63, 3.8) is 0 Å². The first-order valence-corrected chi connectivity index (χ1v) is 3.08. The van der Waals surface area contributed by atoms with Crippen molar-refractivity contribution in [2.45, 2.75) is 6.42 Å². The van der Waals surface area contributed by atoms with Crippen molar-refractivity contribution in [1.29, 1.82) is 0 Å². The maximum absolute atomic E-state index is 10.4. The Bertz CT molecular complexity index is 279. The fourth-order valence-corrected chi connectivity index (χ4v) is 0.762. The second-order valence-electron chi connectivity index (χ2n) is 2.27. The normalized spacial score (nSPS) is 9.91. The van der Waals surface area contributed by atoms with Gasteiger partial charge in [0, 0.05) is 7.05 Å². The highest BCUT2D eigenvalue weighted by Gasteiger charge is 2.08. The third-order valence-corrected chi connectivity index (χ3v) is 1.32. The van der Waals surface area contributed by atoms with E-state index in [9.17, 15) is 9.90 Å². The van der Waals surface area contributed by atoms with Crippen LogP contribution in [0.3, 0.4) is 0 Å². The van der Waals surface area contributed by atoms with E-state index in [1.807, 2.05) is 0 Å². The molecule has 0 spiro atoms. The molecule has 0 atom stereocenters. The monoisotopic (exact) mass is 155 g/mol. The predicted molar refractivity (Wildman–Crippen MR) is 37.8 cm³/mol. The molecule has 0 unspecified atom stereocenters. The number of nitrogens with two attached hydrogens (primary N) is 1. The zero-order valence-electron chi connectivity index (χ0n) is 6.11. The van der Waals surface area contributed by atoms with Crippen LogP contribution < -0.4 is 5.73 Å². The van der Waals surface area contributed by atoms with Crippen molar-refractivity contribution in [3.8, 4) is 5.88 Å². The van der Waals surface area contributed by atoms with Gasteiger partial charge in [0.1, 0.15) is 5.69 Å². The average Bonchev–Trinajstić information content (AvgIpc) is 2.18. The zero-order chi connectivity index (χ0) is 8.43. The van der Waals surface area contributed by atoms with Crippen molar-refractivity contribution >= 4 is 5.91 Å². The summed E-state index contributed by atoms with van der Waals surface area (Å²) in [4.78, 5) is 14.2. The van der Waals surface area contributed by atoms with Gasteiger partial charge in [-0.2, -0.15) is 0 Å². The van der Waals surface area contributed by atoms with Crippen molar-refractivity contribution in [1.82, 2.24) is 9.55 Å². The van der Waals surface area contributed by atoms with Gasteiger partial charge in [0.05, 0.1) is 12.7 Å². The number of aryl methyl sites for hydroxylation is 1. The number of amides is 1. The van der Waals surface area contributed by atoms with Gasteiger partial charge in [-0.3, -0.25) is 4.79 Å². The van der Waals surface area contributed by atoms with Gasteiger partial charge in [0.2, 0.25) is 11.8 Å². The Kier molecular flexibility index (Phi) is 1.80. The Hall–Kier alpha value is -1.52. The SMILES string of the molecule is Cn1cnc(CC(N)=O)c1O. The molecule has 1 rings (SSSR count). The third-order valence-electron chi connectivity index (χ3n) is 1.32. The first-order chi connectivity index (χ1) is 5.11. The summed E-state index contributed by atoms with van der Waals surface area (Å²) in [6, 6.07) is 0. The number of primary amides is 1. The van der Waals surface area contributed by atoms with Gasteiger partial charge < -0.3 is 15.4 Å². The van der Waals surface area contributed by atoms with E-state index < -0.39 is 5.91 Å². The Morgan fingerprint density at radius 3 is 2.91 bits per heavy atom. The fourth-order valence-electron chi connectivity index (χ4n) is 0.762. The molecule has 0 aliphatic rings. The van der Waals surface area contributed by atoms with Crippen LogP contribution in [-0.4, -0.2) is 20.6 Å². The van der Waals surface area contributed by atoms with E-state index in [-0.39, 0.29) is 12.3 Å². The van der Waals surface area contributed by atoms with Gasteiger partial charge >= 0.3 is 0 Å². The minimum absolute atomic E-state index is 0.0104. The largest absolute Gasteiger partial charge is 0.493 e. The maximum atomic E-state index is 10.4. The van der Waals surface area contributed by atoms with Crippen LogP contribution in [0.4, 0.5) is 0 Å². The molecule has 1 heterocycles. The lowest BCUT2D eigenvalue weighted by Crippen LogP contribution is -2.13. The number of imidazole rings is 1. The molecule has 1 aromatic rings. The van der Waals surface area contributed by atoms with Crippen molar-refractivity contribution in [2.24, 2.45) is 12.8 Å². The van der Waals surface area contributed by atoms with Crippen LogP contribution in [0.25, 0.3) is 0 Å². The highest BCUT2D eigenvalue weighted by Crippen LogP contribution is 2.13. The van der Waals surface area contributed by atoms with Crippen LogP contribution >= 0.6 is 0 Å². The fraction of sp³-hybridized carbons (Fsp3) is 0.333. The lowest BCUT2D eigenvalue weighted by Gasteiger charge is -1.94. The van der Waals surface area contributed by atoms with Crippen LogP contribution in [0.1, 0.15) is 5.69 Å². The second-order valence-corrected chi connectivity index (χ2v) is 2.27. The van der Waals surface area contributed by atoms with Crippen molar-refractivity contribution in [3.05, 3.63) is 12.0 Å². The Morgan fingerprint density at radius 1 is 1.91 bits per heavy atom. The van der Waals surface area contributed by atoms with Crippen LogP contribution in [-0.2, 0) is 18.3 Å². The molecule has 1 aromatic heterocycles. The molecule has 0 aliphatic carbocycles. The van der Waals surface area contributed by atoms with Gasteiger partial charge in [-0.25, -0.2) is 4.98 Å². The summed E-state index contributed by atoms with van der Waals surface area (Å²) in [5.41, 5.74) is 5.22. The summed E-state index contributed by atoms with van der Waals surface area (Å²) in [6.07, 6.45) is 1.40.